The Labute approximate surface area is 181 Å². The number of sulfonamides is 1. The van der Waals surface area contributed by atoms with E-state index >= 15 is 0 Å². The highest BCUT2D eigenvalue weighted by molar-refractivity contribution is 7.89. The van der Waals surface area contributed by atoms with Gasteiger partial charge in [-0.1, -0.05) is 12.1 Å². The molecule has 1 fully saturated rings. The Morgan fingerprint density at radius 1 is 1.30 bits per heavy atom. The molecule has 0 atom stereocenters. The van der Waals surface area contributed by atoms with E-state index < -0.39 is 10.0 Å². The summed E-state index contributed by atoms with van der Waals surface area (Å²) in [6, 6.07) is 8.85. The SMILES string of the molecule is CCN(Cc1cccs1)C(=O)C=Cc1ccc(OC)c(S(=O)(=O)N2CCOCC2)c1. The zero-order valence-electron chi connectivity index (χ0n) is 17.1. The van der Waals surface area contributed by atoms with E-state index in [-0.39, 0.29) is 16.6 Å². The van der Waals surface area contributed by atoms with E-state index in [2.05, 4.69) is 0 Å². The number of hydrogen-bond donors (Lipinski definition) is 0. The lowest BCUT2D eigenvalue weighted by atomic mass is 10.2. The van der Waals surface area contributed by atoms with Gasteiger partial charge in [0.25, 0.3) is 0 Å². The van der Waals surface area contributed by atoms with Crippen molar-refractivity contribution in [3.63, 3.8) is 0 Å². The van der Waals surface area contributed by atoms with Gasteiger partial charge in [0.15, 0.2) is 0 Å². The van der Waals surface area contributed by atoms with Crippen molar-refractivity contribution in [3.8, 4) is 5.75 Å². The van der Waals surface area contributed by atoms with Crippen LogP contribution in [0.4, 0.5) is 0 Å². The van der Waals surface area contributed by atoms with Crippen LogP contribution in [-0.4, -0.2) is 63.5 Å². The van der Waals surface area contributed by atoms with Gasteiger partial charge in [0, 0.05) is 30.6 Å². The van der Waals surface area contributed by atoms with Crippen LogP contribution in [0.25, 0.3) is 6.08 Å². The van der Waals surface area contributed by atoms with Crippen molar-refractivity contribution in [2.75, 3.05) is 40.0 Å². The lowest BCUT2D eigenvalue weighted by Crippen LogP contribution is -2.40. The summed E-state index contributed by atoms with van der Waals surface area (Å²) in [7, 11) is -2.28. The second-order valence-corrected chi connectivity index (χ2v) is 9.63. The summed E-state index contributed by atoms with van der Waals surface area (Å²) >= 11 is 1.61. The molecule has 0 N–H and O–H groups in total. The van der Waals surface area contributed by atoms with Crippen molar-refractivity contribution < 1.29 is 22.7 Å². The number of benzene rings is 1. The van der Waals surface area contributed by atoms with Crippen LogP contribution in [0.2, 0.25) is 0 Å². The van der Waals surface area contributed by atoms with E-state index in [9.17, 15) is 13.2 Å². The first-order valence-corrected chi connectivity index (χ1v) is 12.0. The number of carbonyl (C=O) groups excluding carboxylic acids is 1. The normalized spacial score (nSPS) is 15.4. The molecule has 30 heavy (non-hydrogen) atoms. The van der Waals surface area contributed by atoms with Crippen LogP contribution in [-0.2, 0) is 26.1 Å². The molecule has 0 radical (unpaired) electrons. The van der Waals surface area contributed by atoms with Crippen molar-refractivity contribution in [1.29, 1.82) is 0 Å². The number of methoxy groups -OCH3 is 1. The predicted molar refractivity (Wildman–Crippen MR) is 117 cm³/mol. The zero-order chi connectivity index (χ0) is 21.6. The summed E-state index contributed by atoms with van der Waals surface area (Å²) in [5, 5.41) is 1.98. The van der Waals surface area contributed by atoms with Gasteiger partial charge in [-0.15, -0.1) is 11.3 Å². The van der Waals surface area contributed by atoms with Crippen LogP contribution in [0.15, 0.2) is 46.7 Å². The van der Waals surface area contributed by atoms with Gasteiger partial charge < -0.3 is 14.4 Å². The van der Waals surface area contributed by atoms with Crippen molar-refractivity contribution in [1.82, 2.24) is 9.21 Å². The highest BCUT2D eigenvalue weighted by Gasteiger charge is 2.29. The summed E-state index contributed by atoms with van der Waals surface area (Å²) in [4.78, 5) is 15.5. The Morgan fingerprint density at radius 2 is 2.07 bits per heavy atom. The van der Waals surface area contributed by atoms with E-state index in [4.69, 9.17) is 9.47 Å². The average molecular weight is 451 g/mol. The number of amides is 1. The second kappa shape index (κ2) is 10.2. The molecular formula is C21H26N2O5S2. The maximum Gasteiger partial charge on any atom is 0.246 e. The van der Waals surface area contributed by atoms with E-state index in [0.29, 0.717) is 45.0 Å². The molecule has 162 valence electrons. The van der Waals surface area contributed by atoms with E-state index in [1.807, 2.05) is 24.4 Å². The molecule has 0 spiro atoms. The molecule has 0 aliphatic carbocycles. The first-order valence-electron chi connectivity index (χ1n) is 9.71. The summed E-state index contributed by atoms with van der Waals surface area (Å²) in [6.07, 6.45) is 3.11. The first-order chi connectivity index (χ1) is 14.5. The van der Waals surface area contributed by atoms with Crippen LogP contribution < -0.4 is 4.74 Å². The minimum absolute atomic E-state index is 0.0902. The first kappa shape index (κ1) is 22.5. The minimum Gasteiger partial charge on any atom is -0.495 e. The van der Waals surface area contributed by atoms with E-state index in [1.54, 1.807) is 40.5 Å². The smallest absolute Gasteiger partial charge is 0.246 e. The van der Waals surface area contributed by atoms with Crippen LogP contribution in [0.1, 0.15) is 17.4 Å². The number of morpholine rings is 1. The predicted octanol–water partition coefficient (Wildman–Crippen LogP) is 2.84. The maximum absolute atomic E-state index is 13.1. The number of thiophene rings is 1. The fourth-order valence-electron chi connectivity index (χ4n) is 3.13. The zero-order valence-corrected chi connectivity index (χ0v) is 18.7. The molecule has 2 heterocycles. The minimum atomic E-state index is -3.72. The third kappa shape index (κ3) is 5.28. The number of hydrogen-bond acceptors (Lipinski definition) is 6. The Bertz CT molecular complexity index is 981. The molecule has 1 amide bonds. The molecular weight excluding hydrogens is 424 g/mol. The fraction of sp³-hybridized carbons (Fsp3) is 0.381. The molecule has 2 aromatic rings. The Balaban J connectivity index is 1.81. The van der Waals surface area contributed by atoms with Crippen molar-refractivity contribution in [2.45, 2.75) is 18.4 Å². The molecule has 0 saturated carbocycles. The lowest BCUT2D eigenvalue weighted by Gasteiger charge is -2.26. The molecule has 7 nitrogen and oxygen atoms in total. The summed E-state index contributed by atoms with van der Waals surface area (Å²) in [5.74, 6) is 0.150. The fourth-order valence-corrected chi connectivity index (χ4v) is 5.45. The average Bonchev–Trinajstić information content (AvgIpc) is 3.29. The molecule has 0 bridgehead atoms. The third-order valence-electron chi connectivity index (χ3n) is 4.81. The Morgan fingerprint density at radius 3 is 2.70 bits per heavy atom. The van der Waals surface area contributed by atoms with Crippen LogP contribution >= 0.6 is 11.3 Å². The topological polar surface area (TPSA) is 76.2 Å². The summed E-state index contributed by atoms with van der Waals surface area (Å²) < 4.78 is 38.1. The molecule has 1 aromatic carbocycles. The third-order valence-corrected chi connectivity index (χ3v) is 7.60. The number of likely N-dealkylation sites (N-methyl/N-ethyl adjacent to an activating group) is 1. The van der Waals surface area contributed by atoms with Gasteiger partial charge in [0.1, 0.15) is 10.6 Å². The van der Waals surface area contributed by atoms with Gasteiger partial charge >= 0.3 is 0 Å². The van der Waals surface area contributed by atoms with Gasteiger partial charge in [-0.25, -0.2) is 8.42 Å². The van der Waals surface area contributed by atoms with Crippen LogP contribution in [0.5, 0.6) is 5.75 Å². The highest BCUT2D eigenvalue weighted by atomic mass is 32.2. The summed E-state index contributed by atoms with van der Waals surface area (Å²) in [5.41, 5.74) is 0.614. The van der Waals surface area contributed by atoms with Crippen LogP contribution in [0, 0.1) is 0 Å². The number of carbonyl (C=O) groups is 1. The molecule has 3 rings (SSSR count). The molecule has 1 saturated heterocycles. The van der Waals surface area contributed by atoms with E-state index in [0.717, 1.165) is 4.88 Å². The van der Waals surface area contributed by atoms with Gasteiger partial charge in [0.2, 0.25) is 15.9 Å². The number of nitrogens with zero attached hydrogens (tertiary/aromatic N) is 2. The molecule has 1 aromatic heterocycles. The van der Waals surface area contributed by atoms with Crippen molar-refractivity contribution in [2.24, 2.45) is 0 Å². The van der Waals surface area contributed by atoms with Crippen LogP contribution in [0.3, 0.4) is 0 Å². The second-order valence-electron chi connectivity index (χ2n) is 6.69. The lowest BCUT2D eigenvalue weighted by molar-refractivity contribution is -0.126. The summed E-state index contributed by atoms with van der Waals surface area (Å²) in [6.45, 7) is 4.41. The Hall–Kier alpha value is -2.20. The maximum atomic E-state index is 13.1. The van der Waals surface area contributed by atoms with E-state index in [1.165, 1.54) is 17.5 Å². The standard InChI is InChI=1S/C21H26N2O5S2/c1-3-22(16-18-5-4-14-29-18)21(24)9-7-17-6-8-19(27-2)20(15-17)30(25,26)23-10-12-28-13-11-23/h4-9,14-15H,3,10-13,16H2,1-2H3. The molecule has 1 aliphatic heterocycles. The number of ether oxygens (including phenoxy) is 2. The van der Waals surface area contributed by atoms with Crippen molar-refractivity contribution >= 4 is 33.3 Å². The van der Waals surface area contributed by atoms with Gasteiger partial charge in [-0.3, -0.25) is 4.79 Å². The quantitative estimate of drug-likeness (QED) is 0.578. The van der Waals surface area contributed by atoms with Gasteiger partial charge in [-0.2, -0.15) is 4.31 Å². The van der Waals surface area contributed by atoms with Crippen molar-refractivity contribution in [3.05, 3.63) is 52.2 Å². The Kier molecular flexibility index (Phi) is 7.65. The largest absolute Gasteiger partial charge is 0.495 e. The number of rotatable bonds is 8. The molecule has 0 unspecified atom stereocenters. The molecule has 1 aliphatic rings. The molecule has 9 heteroatoms. The highest BCUT2D eigenvalue weighted by Crippen LogP contribution is 2.29. The van der Waals surface area contributed by atoms with Gasteiger partial charge in [0.05, 0.1) is 26.9 Å². The van der Waals surface area contributed by atoms with Gasteiger partial charge in [-0.05, 0) is 42.1 Å². The monoisotopic (exact) mass is 450 g/mol.